The Hall–Kier alpha value is -4.68. The number of non-ortho nitro benzene ring substituents is 1. The van der Waals surface area contributed by atoms with E-state index in [2.05, 4.69) is 4.98 Å². The number of halogens is 5. The molecule has 2 atom stereocenters. The second-order valence-electron chi connectivity index (χ2n) is 8.72. The van der Waals surface area contributed by atoms with E-state index >= 15 is 4.39 Å². The number of alkyl halides is 4. The molecule has 5 rings (SSSR count). The van der Waals surface area contributed by atoms with Crippen LogP contribution in [0.15, 0.2) is 42.6 Å². The summed E-state index contributed by atoms with van der Waals surface area (Å²) in [5, 5.41) is 30.4. The van der Waals surface area contributed by atoms with Crippen LogP contribution in [-0.4, -0.2) is 40.4 Å². The van der Waals surface area contributed by atoms with E-state index in [1.807, 2.05) is 0 Å². The largest absolute Gasteiger partial charge is 0.478 e. The van der Waals surface area contributed by atoms with Crippen molar-refractivity contribution < 1.29 is 51.0 Å². The number of benzene rings is 2. The van der Waals surface area contributed by atoms with E-state index in [4.69, 9.17) is 19.5 Å². The van der Waals surface area contributed by atoms with Gasteiger partial charge in [0.2, 0.25) is 5.79 Å². The maximum atomic E-state index is 16.5. The number of aromatic carboxylic acids is 1. The van der Waals surface area contributed by atoms with E-state index in [-0.39, 0.29) is 24.5 Å². The van der Waals surface area contributed by atoms with Gasteiger partial charge in [0.15, 0.2) is 11.9 Å². The summed E-state index contributed by atoms with van der Waals surface area (Å²) in [6.45, 7) is -0.684. The minimum Gasteiger partial charge on any atom is -0.478 e. The van der Waals surface area contributed by atoms with Gasteiger partial charge in [-0.25, -0.2) is 18.6 Å². The van der Waals surface area contributed by atoms with Gasteiger partial charge >= 0.3 is 12.1 Å². The molecular weight excluding hydrogens is 549 g/mol. The molecule has 2 aromatic carbocycles. The van der Waals surface area contributed by atoms with Crippen LogP contribution in [0.3, 0.4) is 0 Å². The van der Waals surface area contributed by atoms with Crippen molar-refractivity contribution in [1.82, 2.24) is 4.98 Å². The molecule has 10 nitrogen and oxygen atoms in total. The van der Waals surface area contributed by atoms with E-state index in [1.54, 1.807) is 6.07 Å². The average molecular weight is 563 g/mol. The molecule has 1 aromatic heterocycles. The normalized spacial score (nSPS) is 19.3. The Balaban J connectivity index is 1.85. The van der Waals surface area contributed by atoms with Crippen molar-refractivity contribution >= 4 is 11.7 Å². The van der Waals surface area contributed by atoms with Gasteiger partial charge in [-0.2, -0.15) is 18.4 Å². The van der Waals surface area contributed by atoms with Crippen molar-refractivity contribution in [2.45, 2.75) is 24.1 Å². The average Bonchev–Trinajstić information content (AvgIpc) is 3.47. The van der Waals surface area contributed by atoms with E-state index in [0.717, 1.165) is 36.4 Å². The van der Waals surface area contributed by atoms with Gasteiger partial charge in [0, 0.05) is 23.8 Å². The van der Waals surface area contributed by atoms with Crippen molar-refractivity contribution in [3.8, 4) is 17.6 Å². The van der Waals surface area contributed by atoms with Crippen LogP contribution in [0.25, 0.3) is 0 Å². The predicted molar refractivity (Wildman–Crippen MR) is 121 cm³/mol. The molecule has 0 bridgehead atoms. The number of nitro benzene ring substituents is 1. The lowest BCUT2D eigenvalue weighted by Crippen LogP contribution is -2.37. The van der Waals surface area contributed by atoms with Crippen molar-refractivity contribution in [2.75, 3.05) is 13.2 Å². The second kappa shape index (κ2) is 9.50. The molecule has 2 heterocycles. The summed E-state index contributed by atoms with van der Waals surface area (Å²) in [5.74, 6) is -8.23. The zero-order valence-electron chi connectivity index (χ0n) is 19.7. The van der Waals surface area contributed by atoms with Gasteiger partial charge in [-0.3, -0.25) is 10.1 Å². The van der Waals surface area contributed by atoms with E-state index in [9.17, 15) is 37.6 Å². The van der Waals surface area contributed by atoms with Gasteiger partial charge in [0.05, 0.1) is 53.0 Å². The molecule has 1 fully saturated rings. The van der Waals surface area contributed by atoms with Gasteiger partial charge in [0.25, 0.3) is 5.69 Å². The summed E-state index contributed by atoms with van der Waals surface area (Å²) in [6, 6.07) is 6.79. The standard InChI is InChI=1S/C25H14F5N3O7/c26-12-5-11(9-31)6-14(7-12)40-17-10-32-22(25(28,29)30)20-19(17)18(21(27)24(20)38-3-4-39-24)16-8-13(33(36)37)1-2-15(16)23(34)35/h1-2,5-8,10,18,21H,3-4H2,(H,34,35). The minimum absolute atomic E-state index is 0.211. The van der Waals surface area contributed by atoms with Crippen molar-refractivity contribution in [2.24, 2.45) is 0 Å². The summed E-state index contributed by atoms with van der Waals surface area (Å²) in [6.07, 6.45) is -7.19. The van der Waals surface area contributed by atoms with Crippen LogP contribution < -0.4 is 4.74 Å². The molecule has 3 aromatic rings. The summed E-state index contributed by atoms with van der Waals surface area (Å²) in [5.41, 5.74) is -5.28. The third-order valence-electron chi connectivity index (χ3n) is 6.42. The topological polar surface area (TPSA) is 145 Å². The molecule has 1 N–H and O–H groups in total. The number of nitriles is 1. The van der Waals surface area contributed by atoms with E-state index in [1.165, 1.54) is 0 Å². The van der Waals surface area contributed by atoms with Crippen LogP contribution in [0.2, 0.25) is 0 Å². The Morgan fingerprint density at radius 1 is 1.23 bits per heavy atom. The molecule has 40 heavy (non-hydrogen) atoms. The van der Waals surface area contributed by atoms with Crippen LogP contribution in [-0.2, 0) is 21.4 Å². The third kappa shape index (κ3) is 4.27. The number of hydrogen-bond acceptors (Lipinski definition) is 8. The Bertz CT molecular complexity index is 1600. The number of fused-ring (bicyclic) bond motifs is 2. The first-order valence-electron chi connectivity index (χ1n) is 11.3. The van der Waals surface area contributed by atoms with Gasteiger partial charge < -0.3 is 19.3 Å². The number of nitro groups is 1. The number of nitrogens with zero attached hydrogens (tertiary/aromatic N) is 3. The Morgan fingerprint density at radius 3 is 2.52 bits per heavy atom. The number of ether oxygens (including phenoxy) is 3. The molecule has 1 spiro atoms. The molecule has 0 radical (unpaired) electrons. The van der Waals surface area contributed by atoms with Crippen molar-refractivity contribution in [3.05, 3.63) is 92.0 Å². The molecule has 2 unspecified atom stereocenters. The molecule has 15 heteroatoms. The van der Waals surface area contributed by atoms with Crippen LogP contribution in [0.4, 0.5) is 27.6 Å². The minimum atomic E-state index is -5.19. The molecular formula is C25H14F5N3O7. The van der Waals surface area contributed by atoms with Crippen LogP contribution in [0.5, 0.6) is 11.5 Å². The van der Waals surface area contributed by atoms with Gasteiger partial charge in [-0.05, 0) is 23.8 Å². The number of pyridine rings is 1. The van der Waals surface area contributed by atoms with Gasteiger partial charge in [0.1, 0.15) is 17.3 Å². The lowest BCUT2D eigenvalue weighted by atomic mass is 9.87. The quantitative estimate of drug-likeness (QED) is 0.252. The number of aromatic nitrogens is 1. The van der Waals surface area contributed by atoms with E-state index in [0.29, 0.717) is 6.20 Å². The highest BCUT2D eigenvalue weighted by Gasteiger charge is 2.63. The van der Waals surface area contributed by atoms with Crippen molar-refractivity contribution in [1.29, 1.82) is 5.26 Å². The second-order valence-corrected chi connectivity index (χ2v) is 8.72. The van der Waals surface area contributed by atoms with E-state index < -0.39 is 80.1 Å². The SMILES string of the molecule is N#Cc1cc(F)cc(Oc2cnc(C(F)(F)F)c3c2C(c2cc([N+](=O)[O-])ccc2C(=O)O)C(F)C32OCCO2)c1. The monoisotopic (exact) mass is 563 g/mol. The van der Waals surface area contributed by atoms with Crippen LogP contribution in [0, 0.1) is 27.3 Å². The van der Waals surface area contributed by atoms with Crippen molar-refractivity contribution in [3.63, 3.8) is 0 Å². The molecule has 1 aliphatic heterocycles. The smallest absolute Gasteiger partial charge is 0.433 e. The zero-order chi connectivity index (χ0) is 29.0. The fraction of sp³-hybridized carbons (Fsp3) is 0.240. The number of carbonyl (C=O) groups is 1. The highest BCUT2D eigenvalue weighted by atomic mass is 19.4. The summed E-state index contributed by atoms with van der Waals surface area (Å²) < 4.78 is 89.6. The third-order valence-corrected chi connectivity index (χ3v) is 6.42. The highest BCUT2D eigenvalue weighted by Crippen LogP contribution is 2.59. The van der Waals surface area contributed by atoms with Crippen LogP contribution >= 0.6 is 0 Å². The summed E-state index contributed by atoms with van der Waals surface area (Å²) in [7, 11) is 0. The Morgan fingerprint density at radius 2 is 1.93 bits per heavy atom. The molecule has 1 aliphatic carbocycles. The molecule has 2 aliphatic rings. The first kappa shape index (κ1) is 26.9. The van der Waals surface area contributed by atoms with Crippen LogP contribution in [0.1, 0.15) is 44.2 Å². The number of carboxylic acid groups (broad SMARTS) is 1. The zero-order valence-corrected chi connectivity index (χ0v) is 19.7. The molecule has 1 saturated heterocycles. The summed E-state index contributed by atoms with van der Waals surface area (Å²) >= 11 is 0. The fourth-order valence-electron chi connectivity index (χ4n) is 4.94. The lowest BCUT2D eigenvalue weighted by molar-refractivity contribution is -0.384. The first-order valence-corrected chi connectivity index (χ1v) is 11.3. The predicted octanol–water partition coefficient (Wildman–Crippen LogP) is 5.19. The molecule has 206 valence electrons. The number of carboxylic acids is 1. The van der Waals surface area contributed by atoms with Gasteiger partial charge in [-0.1, -0.05) is 0 Å². The Kier molecular flexibility index (Phi) is 6.39. The Labute approximate surface area is 220 Å². The maximum absolute atomic E-state index is 16.5. The highest BCUT2D eigenvalue weighted by molar-refractivity contribution is 5.90. The molecule has 0 amide bonds. The fourth-order valence-corrected chi connectivity index (χ4v) is 4.94. The number of rotatable bonds is 5. The summed E-state index contributed by atoms with van der Waals surface area (Å²) in [4.78, 5) is 26.0. The maximum Gasteiger partial charge on any atom is 0.433 e. The molecule has 0 saturated carbocycles. The number of hydrogen-bond donors (Lipinski definition) is 1. The first-order chi connectivity index (χ1) is 18.9. The lowest BCUT2D eigenvalue weighted by Gasteiger charge is -2.28. The van der Waals surface area contributed by atoms with Gasteiger partial charge in [-0.15, -0.1) is 0 Å².